The molecule has 1 amide bonds. The smallest absolute Gasteiger partial charge is 0.257 e. The van der Waals surface area contributed by atoms with E-state index in [0.29, 0.717) is 39.9 Å². The van der Waals surface area contributed by atoms with Crippen molar-refractivity contribution in [1.29, 1.82) is 0 Å². The van der Waals surface area contributed by atoms with E-state index in [4.69, 9.17) is 23.8 Å². The van der Waals surface area contributed by atoms with E-state index in [1.807, 2.05) is 41.3 Å². The second-order valence-electron chi connectivity index (χ2n) is 8.01. The fraction of sp³-hybridized carbons (Fsp3) is 0.280. The van der Waals surface area contributed by atoms with Crippen molar-refractivity contribution in [3.05, 3.63) is 86.9 Å². The predicted octanol–water partition coefficient (Wildman–Crippen LogP) is 6.86. The normalized spacial score (nSPS) is 14.4. The summed E-state index contributed by atoms with van der Waals surface area (Å²) in [6, 6.07) is 14.7. The predicted molar refractivity (Wildman–Crippen MR) is 130 cm³/mol. The molecule has 1 saturated heterocycles. The molecule has 2 aromatic carbocycles. The molecule has 0 unspecified atom stereocenters. The van der Waals surface area contributed by atoms with Crippen molar-refractivity contribution < 1.29 is 9.18 Å². The molecule has 2 N–H and O–H groups in total. The molecular formula is C25H25ClFN3OS. The maximum atomic E-state index is 13.4. The summed E-state index contributed by atoms with van der Waals surface area (Å²) in [5.41, 5.74) is 4.16. The number of nitrogens with one attached hydrogen (secondary N) is 2. The highest BCUT2D eigenvalue weighted by Gasteiger charge is 2.27. The summed E-state index contributed by atoms with van der Waals surface area (Å²) in [7, 11) is 0. The van der Waals surface area contributed by atoms with Crippen LogP contribution in [-0.2, 0) is 6.42 Å². The van der Waals surface area contributed by atoms with E-state index in [2.05, 4.69) is 17.2 Å². The largest absolute Gasteiger partial charge is 0.354 e. The molecule has 4 rings (SSSR count). The summed E-state index contributed by atoms with van der Waals surface area (Å²) in [4.78, 5) is 18.2. The van der Waals surface area contributed by atoms with Crippen LogP contribution >= 0.6 is 23.8 Å². The Kier molecular flexibility index (Phi) is 6.92. The minimum atomic E-state index is -0.232. The second-order valence-corrected chi connectivity index (χ2v) is 8.80. The van der Waals surface area contributed by atoms with E-state index in [1.54, 1.807) is 6.20 Å². The third-order valence-corrected chi connectivity index (χ3v) is 6.83. The number of hydrogen-bond donors (Lipinski definition) is 2. The Morgan fingerprint density at radius 1 is 1.16 bits per heavy atom. The molecule has 0 aliphatic carbocycles. The molecule has 3 aromatic rings. The number of carbonyl (C=O) groups is 1. The summed E-state index contributed by atoms with van der Waals surface area (Å²) >= 11 is 11.8. The molecule has 0 bridgehead atoms. The van der Waals surface area contributed by atoms with E-state index < -0.39 is 0 Å². The number of aromatic amines is 1. The molecule has 32 heavy (non-hydrogen) atoms. The lowest BCUT2D eigenvalue weighted by Gasteiger charge is -2.32. The standard InChI is InChI=1S/C25H25ClFN3OS/c1-2-16-3-9-20(10-4-16)29-23-21(15-28-24(32)22(23)26)25(31)30-13-11-18(12-14-30)17-5-7-19(27)8-6-17/h3-10,15,18H,2,11-14H2,1H3,(H2,28,29,32). The molecular weight excluding hydrogens is 445 g/mol. The van der Waals surface area contributed by atoms with Gasteiger partial charge in [0, 0.05) is 25.0 Å². The molecule has 4 nitrogen and oxygen atoms in total. The molecule has 1 aromatic heterocycles. The zero-order chi connectivity index (χ0) is 22.7. The number of aromatic nitrogens is 1. The molecule has 1 aliphatic rings. The van der Waals surface area contributed by atoms with E-state index >= 15 is 0 Å². The second kappa shape index (κ2) is 9.84. The molecule has 1 aliphatic heterocycles. The number of pyridine rings is 1. The molecule has 0 atom stereocenters. The van der Waals surface area contributed by atoms with E-state index in [9.17, 15) is 9.18 Å². The lowest BCUT2D eigenvalue weighted by molar-refractivity contribution is 0.0713. The summed E-state index contributed by atoms with van der Waals surface area (Å²) in [6.45, 7) is 3.35. The zero-order valence-electron chi connectivity index (χ0n) is 17.8. The fourth-order valence-corrected chi connectivity index (χ4v) is 4.45. The topological polar surface area (TPSA) is 48.1 Å². The van der Waals surface area contributed by atoms with Gasteiger partial charge in [-0.25, -0.2) is 4.39 Å². The number of halogens is 2. The molecule has 2 heterocycles. The molecule has 0 spiro atoms. The molecule has 0 saturated carbocycles. The highest BCUT2D eigenvalue weighted by molar-refractivity contribution is 7.71. The Bertz CT molecular complexity index is 1150. The van der Waals surface area contributed by atoms with E-state index in [0.717, 1.165) is 30.5 Å². The summed E-state index contributed by atoms with van der Waals surface area (Å²) in [6.07, 6.45) is 4.24. The number of piperidine rings is 1. The average molecular weight is 470 g/mol. The highest BCUT2D eigenvalue weighted by Crippen LogP contribution is 2.33. The summed E-state index contributed by atoms with van der Waals surface area (Å²) < 4.78 is 13.6. The number of aryl methyl sites for hydroxylation is 1. The van der Waals surface area contributed by atoms with Crippen LogP contribution in [0, 0.1) is 10.5 Å². The van der Waals surface area contributed by atoms with Gasteiger partial charge in [-0.05, 0) is 60.6 Å². The first-order valence-corrected chi connectivity index (χ1v) is 11.6. The minimum absolute atomic E-state index is 0.0941. The Balaban J connectivity index is 1.52. The van der Waals surface area contributed by atoms with Gasteiger partial charge in [-0.2, -0.15) is 0 Å². The zero-order valence-corrected chi connectivity index (χ0v) is 19.4. The monoisotopic (exact) mass is 469 g/mol. The van der Waals surface area contributed by atoms with Crippen molar-refractivity contribution in [2.75, 3.05) is 18.4 Å². The number of anilines is 2. The van der Waals surface area contributed by atoms with Crippen LogP contribution in [-0.4, -0.2) is 28.9 Å². The van der Waals surface area contributed by atoms with Gasteiger partial charge in [0.15, 0.2) is 0 Å². The molecule has 1 fully saturated rings. The third-order valence-electron chi connectivity index (χ3n) is 6.02. The van der Waals surface area contributed by atoms with Crippen molar-refractivity contribution in [2.24, 2.45) is 0 Å². The van der Waals surface area contributed by atoms with Gasteiger partial charge >= 0.3 is 0 Å². The Morgan fingerprint density at radius 2 is 1.81 bits per heavy atom. The van der Waals surface area contributed by atoms with Crippen LogP contribution in [0.1, 0.15) is 47.2 Å². The number of carbonyl (C=O) groups excluding carboxylic acids is 1. The quantitative estimate of drug-likeness (QED) is 0.401. The van der Waals surface area contributed by atoms with Gasteiger partial charge in [0.25, 0.3) is 5.91 Å². The lowest BCUT2D eigenvalue weighted by atomic mass is 9.89. The highest BCUT2D eigenvalue weighted by atomic mass is 35.5. The number of amides is 1. The maximum Gasteiger partial charge on any atom is 0.257 e. The molecule has 0 radical (unpaired) electrons. The van der Waals surface area contributed by atoms with Crippen LogP contribution in [0.4, 0.5) is 15.8 Å². The first-order chi connectivity index (χ1) is 15.5. The Hall–Kier alpha value is -2.70. The van der Waals surface area contributed by atoms with Gasteiger partial charge in [-0.15, -0.1) is 0 Å². The van der Waals surface area contributed by atoms with Crippen molar-refractivity contribution in [3.63, 3.8) is 0 Å². The van der Waals surface area contributed by atoms with Gasteiger partial charge in [0.1, 0.15) is 10.5 Å². The third kappa shape index (κ3) is 4.87. The van der Waals surface area contributed by atoms with Gasteiger partial charge in [-0.3, -0.25) is 4.79 Å². The summed E-state index contributed by atoms with van der Waals surface area (Å²) in [5, 5.41) is 3.62. The van der Waals surface area contributed by atoms with Crippen LogP contribution in [0.15, 0.2) is 54.7 Å². The Morgan fingerprint density at radius 3 is 2.44 bits per heavy atom. The lowest BCUT2D eigenvalue weighted by Crippen LogP contribution is -2.38. The van der Waals surface area contributed by atoms with Crippen LogP contribution in [0.5, 0.6) is 0 Å². The van der Waals surface area contributed by atoms with Gasteiger partial charge in [0.2, 0.25) is 0 Å². The average Bonchev–Trinajstić information content (AvgIpc) is 2.83. The number of likely N-dealkylation sites (tertiary alicyclic amines) is 1. The first kappa shape index (κ1) is 22.5. The SMILES string of the molecule is CCc1ccc(Nc2c(C(=O)N3CCC(c4ccc(F)cc4)CC3)c[nH]c(=S)c2Cl)cc1. The number of nitrogens with zero attached hydrogens (tertiary/aromatic N) is 1. The van der Waals surface area contributed by atoms with E-state index in [-0.39, 0.29) is 11.7 Å². The molecule has 166 valence electrons. The summed E-state index contributed by atoms with van der Waals surface area (Å²) in [5.74, 6) is -0.00748. The van der Waals surface area contributed by atoms with Gasteiger partial charge in [-0.1, -0.05) is 55.0 Å². The van der Waals surface area contributed by atoms with E-state index in [1.165, 1.54) is 17.7 Å². The van der Waals surface area contributed by atoms with Gasteiger partial charge < -0.3 is 15.2 Å². The van der Waals surface area contributed by atoms with Crippen molar-refractivity contribution in [3.8, 4) is 0 Å². The molecule has 7 heteroatoms. The number of hydrogen-bond acceptors (Lipinski definition) is 3. The maximum absolute atomic E-state index is 13.4. The first-order valence-electron chi connectivity index (χ1n) is 10.8. The van der Waals surface area contributed by atoms with Crippen molar-refractivity contribution in [2.45, 2.75) is 32.1 Å². The minimum Gasteiger partial charge on any atom is -0.354 e. The van der Waals surface area contributed by atoms with Crippen molar-refractivity contribution in [1.82, 2.24) is 9.88 Å². The fourth-order valence-electron chi connectivity index (χ4n) is 4.09. The van der Waals surface area contributed by atoms with Crippen LogP contribution in [0.2, 0.25) is 5.02 Å². The van der Waals surface area contributed by atoms with Crippen LogP contribution < -0.4 is 5.32 Å². The number of rotatable bonds is 5. The number of benzene rings is 2. The number of H-pyrrole nitrogens is 1. The van der Waals surface area contributed by atoms with Gasteiger partial charge in [0.05, 0.1) is 16.3 Å². The van der Waals surface area contributed by atoms with Crippen LogP contribution in [0.25, 0.3) is 0 Å². The van der Waals surface area contributed by atoms with Crippen molar-refractivity contribution >= 4 is 41.1 Å². The van der Waals surface area contributed by atoms with Crippen LogP contribution in [0.3, 0.4) is 0 Å². The Labute approximate surface area is 197 Å².